The molecule has 6 heteroatoms. The lowest BCUT2D eigenvalue weighted by molar-refractivity contribution is -0.120. The van der Waals surface area contributed by atoms with Crippen LogP contribution in [-0.4, -0.2) is 31.3 Å². The molecule has 0 aliphatic carbocycles. The van der Waals surface area contributed by atoms with Crippen molar-refractivity contribution in [1.29, 1.82) is 0 Å². The van der Waals surface area contributed by atoms with Gasteiger partial charge in [0.25, 0.3) is 0 Å². The molecule has 0 atom stereocenters. The Morgan fingerprint density at radius 3 is 2.69 bits per heavy atom. The van der Waals surface area contributed by atoms with Crippen molar-refractivity contribution in [1.82, 2.24) is 10.4 Å². The monoisotopic (exact) mass is 351 g/mol. The van der Waals surface area contributed by atoms with E-state index < -0.39 is 0 Å². The number of H-pyrrole nitrogens is 1. The summed E-state index contributed by atoms with van der Waals surface area (Å²) in [7, 11) is 3.23. The van der Waals surface area contributed by atoms with E-state index in [2.05, 4.69) is 15.5 Å². The van der Waals surface area contributed by atoms with Gasteiger partial charge >= 0.3 is 0 Å². The molecule has 0 aliphatic rings. The zero-order valence-corrected chi connectivity index (χ0v) is 15.0. The highest BCUT2D eigenvalue weighted by Gasteiger charge is 2.13. The minimum Gasteiger partial charge on any atom is -0.497 e. The Morgan fingerprint density at radius 1 is 1.15 bits per heavy atom. The summed E-state index contributed by atoms with van der Waals surface area (Å²) in [6.07, 6.45) is 1.82. The summed E-state index contributed by atoms with van der Waals surface area (Å²) in [5.74, 6) is 1.31. The van der Waals surface area contributed by atoms with E-state index in [1.165, 1.54) is 0 Å². The molecule has 26 heavy (non-hydrogen) atoms. The van der Waals surface area contributed by atoms with Crippen LogP contribution in [0, 0.1) is 6.92 Å². The summed E-state index contributed by atoms with van der Waals surface area (Å²) in [6.45, 7) is 1.95. The average molecular weight is 351 g/mol. The van der Waals surface area contributed by atoms with Crippen molar-refractivity contribution in [3.8, 4) is 11.5 Å². The van der Waals surface area contributed by atoms with E-state index in [1.807, 2.05) is 49.4 Å². The van der Waals surface area contributed by atoms with Crippen molar-refractivity contribution < 1.29 is 14.3 Å². The number of methoxy groups -OCH3 is 2. The van der Waals surface area contributed by atoms with Crippen LogP contribution >= 0.6 is 0 Å². The Hall–Kier alpha value is -3.28. The number of carbonyl (C=O) groups excluding carboxylic acids is 1. The lowest BCUT2D eigenvalue weighted by atomic mass is 10.1. The molecule has 0 saturated heterocycles. The maximum Gasteiger partial charge on any atom is 0.244 e. The molecule has 0 radical (unpaired) electrons. The van der Waals surface area contributed by atoms with Crippen LogP contribution in [0.25, 0.3) is 10.9 Å². The number of hydrazone groups is 1. The number of carbonyl (C=O) groups is 1. The zero-order valence-electron chi connectivity index (χ0n) is 15.0. The first-order valence-electron chi connectivity index (χ1n) is 8.22. The minimum atomic E-state index is -0.184. The predicted octanol–water partition coefficient (Wildman–Crippen LogP) is 3.19. The molecule has 0 fully saturated rings. The summed E-state index contributed by atoms with van der Waals surface area (Å²) in [5.41, 5.74) is 6.29. The van der Waals surface area contributed by atoms with Crippen LogP contribution < -0.4 is 14.9 Å². The summed E-state index contributed by atoms with van der Waals surface area (Å²) < 4.78 is 10.4. The number of amides is 1. The Bertz CT molecular complexity index is 960. The summed E-state index contributed by atoms with van der Waals surface area (Å²) in [4.78, 5) is 15.6. The van der Waals surface area contributed by atoms with Crippen LogP contribution in [0.2, 0.25) is 0 Å². The second-order valence-electron chi connectivity index (χ2n) is 5.89. The van der Waals surface area contributed by atoms with Crippen molar-refractivity contribution in [2.75, 3.05) is 14.2 Å². The van der Waals surface area contributed by atoms with Crippen LogP contribution in [0.4, 0.5) is 0 Å². The van der Waals surface area contributed by atoms with Gasteiger partial charge in [-0.3, -0.25) is 4.79 Å². The Labute approximate surface area is 151 Å². The second kappa shape index (κ2) is 7.74. The Kier molecular flexibility index (Phi) is 5.22. The van der Waals surface area contributed by atoms with Gasteiger partial charge in [0.2, 0.25) is 5.91 Å². The van der Waals surface area contributed by atoms with Crippen molar-refractivity contribution >= 4 is 23.0 Å². The smallest absolute Gasteiger partial charge is 0.244 e. The van der Waals surface area contributed by atoms with Crippen LogP contribution in [0.1, 0.15) is 16.8 Å². The maximum atomic E-state index is 12.3. The van der Waals surface area contributed by atoms with Crippen molar-refractivity contribution in [2.45, 2.75) is 13.3 Å². The van der Waals surface area contributed by atoms with Gasteiger partial charge in [0.05, 0.1) is 26.9 Å². The number of nitrogens with zero attached hydrogens (tertiary/aromatic N) is 1. The molecule has 0 unspecified atom stereocenters. The van der Waals surface area contributed by atoms with E-state index in [0.717, 1.165) is 39.2 Å². The number of aromatic nitrogens is 1. The van der Waals surface area contributed by atoms with Gasteiger partial charge in [0.15, 0.2) is 0 Å². The van der Waals surface area contributed by atoms with E-state index in [4.69, 9.17) is 9.47 Å². The van der Waals surface area contributed by atoms with Gasteiger partial charge in [-0.05, 0) is 48.4 Å². The predicted molar refractivity (Wildman–Crippen MR) is 102 cm³/mol. The third kappa shape index (κ3) is 3.85. The van der Waals surface area contributed by atoms with Crippen LogP contribution in [0.15, 0.2) is 47.6 Å². The zero-order chi connectivity index (χ0) is 18.5. The largest absolute Gasteiger partial charge is 0.497 e. The van der Waals surface area contributed by atoms with Gasteiger partial charge in [0.1, 0.15) is 11.5 Å². The molecule has 6 nitrogen and oxygen atoms in total. The van der Waals surface area contributed by atoms with E-state index in [0.29, 0.717) is 0 Å². The highest BCUT2D eigenvalue weighted by molar-refractivity contribution is 5.91. The number of rotatable bonds is 6. The highest BCUT2D eigenvalue weighted by atomic mass is 16.5. The number of nitrogens with one attached hydrogen (secondary N) is 2. The number of fused-ring (bicyclic) bond motifs is 1. The molecule has 0 spiro atoms. The van der Waals surface area contributed by atoms with Crippen molar-refractivity contribution in [3.05, 3.63) is 59.3 Å². The third-order valence-electron chi connectivity index (χ3n) is 4.16. The quantitative estimate of drug-likeness (QED) is 0.529. The fraction of sp³-hybridized carbons (Fsp3) is 0.200. The highest BCUT2D eigenvalue weighted by Crippen LogP contribution is 2.26. The first-order valence-corrected chi connectivity index (χ1v) is 8.22. The van der Waals surface area contributed by atoms with Crippen molar-refractivity contribution in [3.63, 3.8) is 0 Å². The average Bonchev–Trinajstić information content (AvgIpc) is 2.96. The molecule has 0 aliphatic heterocycles. The number of hydrogen-bond donors (Lipinski definition) is 2. The standard InChI is InChI=1S/C20H21N3O3/c1-13-17(18-10-16(26-3)7-8-19(18)22-13)11-20(24)23-21-12-14-5-4-6-15(9-14)25-2/h4-10,12,22H,11H2,1-3H3,(H,23,24). The van der Waals surface area contributed by atoms with E-state index in [9.17, 15) is 4.79 Å². The van der Waals surface area contributed by atoms with Gasteiger partial charge in [-0.1, -0.05) is 12.1 Å². The lowest BCUT2D eigenvalue weighted by Crippen LogP contribution is -2.20. The molecule has 1 heterocycles. The van der Waals surface area contributed by atoms with Crippen LogP contribution in [0.5, 0.6) is 11.5 Å². The van der Waals surface area contributed by atoms with Gasteiger partial charge in [-0.25, -0.2) is 5.43 Å². The molecule has 3 aromatic rings. The molecule has 2 aromatic carbocycles. The van der Waals surface area contributed by atoms with E-state index >= 15 is 0 Å². The first kappa shape index (κ1) is 17.5. The first-order chi connectivity index (χ1) is 12.6. The lowest BCUT2D eigenvalue weighted by Gasteiger charge is -2.03. The maximum absolute atomic E-state index is 12.3. The Morgan fingerprint density at radius 2 is 1.92 bits per heavy atom. The molecular formula is C20H21N3O3. The normalized spacial score (nSPS) is 11.0. The molecule has 0 bridgehead atoms. The third-order valence-corrected chi connectivity index (χ3v) is 4.16. The SMILES string of the molecule is COc1cccc(C=NNC(=O)Cc2c(C)[nH]c3ccc(OC)cc23)c1. The van der Waals surface area contributed by atoms with Crippen LogP contribution in [0.3, 0.4) is 0 Å². The molecule has 1 amide bonds. The van der Waals surface area contributed by atoms with Gasteiger partial charge in [-0.2, -0.15) is 5.10 Å². The number of benzene rings is 2. The van der Waals surface area contributed by atoms with E-state index in [1.54, 1.807) is 20.4 Å². The molecule has 2 N–H and O–H groups in total. The minimum absolute atomic E-state index is 0.184. The molecule has 3 rings (SSSR count). The number of hydrogen-bond acceptors (Lipinski definition) is 4. The summed E-state index contributed by atoms with van der Waals surface area (Å²) >= 11 is 0. The van der Waals surface area contributed by atoms with Gasteiger partial charge < -0.3 is 14.5 Å². The Balaban J connectivity index is 1.71. The molecule has 0 saturated carbocycles. The molecule has 1 aromatic heterocycles. The summed E-state index contributed by atoms with van der Waals surface area (Å²) in [6, 6.07) is 13.2. The van der Waals surface area contributed by atoms with Crippen molar-refractivity contribution in [2.24, 2.45) is 5.10 Å². The second-order valence-corrected chi connectivity index (χ2v) is 5.89. The summed E-state index contributed by atoms with van der Waals surface area (Å²) in [5, 5.41) is 5.01. The number of aromatic amines is 1. The molecular weight excluding hydrogens is 330 g/mol. The number of aryl methyl sites for hydroxylation is 1. The van der Waals surface area contributed by atoms with Gasteiger partial charge in [-0.15, -0.1) is 0 Å². The van der Waals surface area contributed by atoms with Crippen LogP contribution in [-0.2, 0) is 11.2 Å². The number of ether oxygens (including phenoxy) is 2. The fourth-order valence-electron chi connectivity index (χ4n) is 2.82. The van der Waals surface area contributed by atoms with Gasteiger partial charge in [0, 0.05) is 16.6 Å². The molecule has 134 valence electrons. The van der Waals surface area contributed by atoms with E-state index in [-0.39, 0.29) is 12.3 Å². The fourth-order valence-corrected chi connectivity index (χ4v) is 2.82. The topological polar surface area (TPSA) is 75.7 Å².